The summed E-state index contributed by atoms with van der Waals surface area (Å²) < 4.78 is 16.7. The molecular formula is C18H25FN6. The highest BCUT2D eigenvalue weighted by Crippen LogP contribution is 2.42. The van der Waals surface area contributed by atoms with Crippen LogP contribution in [0.3, 0.4) is 0 Å². The molecule has 2 unspecified atom stereocenters. The number of nitrogens with zero attached hydrogens (tertiary/aromatic N) is 6. The minimum atomic E-state index is -0.756. The molecule has 2 aromatic heterocycles. The van der Waals surface area contributed by atoms with Crippen molar-refractivity contribution in [3.8, 4) is 0 Å². The molecule has 1 spiro atoms. The van der Waals surface area contributed by atoms with Crippen molar-refractivity contribution in [2.24, 2.45) is 12.5 Å². The lowest BCUT2D eigenvalue weighted by molar-refractivity contribution is 0.0867. The molecule has 0 radical (unpaired) electrons. The molecule has 2 saturated heterocycles. The van der Waals surface area contributed by atoms with Gasteiger partial charge in [0.25, 0.3) is 0 Å². The van der Waals surface area contributed by atoms with Crippen LogP contribution in [0.15, 0.2) is 24.8 Å². The summed E-state index contributed by atoms with van der Waals surface area (Å²) in [6.07, 6.45) is 8.28. The zero-order chi connectivity index (χ0) is 17.4. The Morgan fingerprint density at radius 1 is 1.20 bits per heavy atom. The Balaban J connectivity index is 1.47. The SMILES string of the molecule is Cc1cnc(N2CCC(F)C3(CCN(Cc4cnn(C)c4)C3)C2)nc1. The van der Waals surface area contributed by atoms with E-state index in [9.17, 15) is 4.39 Å². The number of alkyl halides is 1. The lowest BCUT2D eigenvalue weighted by Gasteiger charge is -2.42. The van der Waals surface area contributed by atoms with Gasteiger partial charge in [-0.25, -0.2) is 14.4 Å². The Kier molecular flexibility index (Phi) is 4.19. The predicted molar refractivity (Wildman–Crippen MR) is 94.0 cm³/mol. The minimum absolute atomic E-state index is 0.311. The van der Waals surface area contributed by atoms with Crippen LogP contribution in [0.25, 0.3) is 0 Å². The van der Waals surface area contributed by atoms with Gasteiger partial charge >= 0.3 is 0 Å². The maximum absolute atomic E-state index is 14.9. The van der Waals surface area contributed by atoms with Crippen molar-refractivity contribution in [1.82, 2.24) is 24.6 Å². The number of piperidine rings is 1. The van der Waals surface area contributed by atoms with Crippen LogP contribution in [0.4, 0.5) is 10.3 Å². The number of aromatic nitrogens is 4. The van der Waals surface area contributed by atoms with Crippen LogP contribution in [0.1, 0.15) is 24.0 Å². The first-order chi connectivity index (χ1) is 12.0. The summed E-state index contributed by atoms with van der Waals surface area (Å²) >= 11 is 0. The molecule has 25 heavy (non-hydrogen) atoms. The van der Waals surface area contributed by atoms with Gasteiger partial charge in [0.1, 0.15) is 6.17 Å². The van der Waals surface area contributed by atoms with E-state index in [4.69, 9.17) is 0 Å². The van der Waals surface area contributed by atoms with Gasteiger partial charge in [0.05, 0.1) is 6.20 Å². The normalized spacial score (nSPS) is 27.3. The summed E-state index contributed by atoms with van der Waals surface area (Å²) in [6.45, 7) is 5.91. The summed E-state index contributed by atoms with van der Waals surface area (Å²) in [7, 11) is 1.92. The molecule has 0 aromatic carbocycles. The summed E-state index contributed by atoms with van der Waals surface area (Å²) in [5.41, 5.74) is 1.92. The molecule has 4 rings (SSSR count). The van der Waals surface area contributed by atoms with Crippen LogP contribution >= 0.6 is 0 Å². The highest BCUT2D eigenvalue weighted by Gasteiger charge is 2.48. The van der Waals surface area contributed by atoms with Crippen molar-refractivity contribution in [3.05, 3.63) is 35.9 Å². The van der Waals surface area contributed by atoms with Crippen LogP contribution in [-0.2, 0) is 13.6 Å². The van der Waals surface area contributed by atoms with Crippen LogP contribution in [-0.4, -0.2) is 57.0 Å². The number of aryl methyl sites for hydroxylation is 2. The Morgan fingerprint density at radius 3 is 2.72 bits per heavy atom. The van der Waals surface area contributed by atoms with Gasteiger partial charge in [-0.15, -0.1) is 0 Å². The van der Waals surface area contributed by atoms with Crippen molar-refractivity contribution in [2.75, 3.05) is 31.1 Å². The van der Waals surface area contributed by atoms with Gasteiger partial charge in [-0.3, -0.25) is 9.58 Å². The van der Waals surface area contributed by atoms with E-state index in [1.807, 2.05) is 43.4 Å². The van der Waals surface area contributed by atoms with Crippen LogP contribution in [0.5, 0.6) is 0 Å². The Labute approximate surface area is 147 Å². The van der Waals surface area contributed by atoms with E-state index in [1.54, 1.807) is 0 Å². The Hall–Kier alpha value is -2.02. The Bertz CT molecular complexity index is 729. The van der Waals surface area contributed by atoms with E-state index in [2.05, 4.69) is 24.9 Å². The summed E-state index contributed by atoms with van der Waals surface area (Å²) in [4.78, 5) is 13.4. The molecule has 0 amide bonds. The first kappa shape index (κ1) is 16.4. The van der Waals surface area contributed by atoms with Gasteiger partial charge in [0.15, 0.2) is 0 Å². The Morgan fingerprint density at radius 2 is 2.00 bits per heavy atom. The standard InChI is InChI=1S/C18H25FN6/c1-14-7-20-17(21-8-14)25-5-3-16(19)18(13-25)4-6-24(12-18)11-15-9-22-23(2)10-15/h7-10,16H,3-6,11-13H2,1-2H3. The molecule has 4 heterocycles. The van der Waals surface area contributed by atoms with E-state index in [1.165, 1.54) is 5.56 Å². The molecule has 7 heteroatoms. The summed E-state index contributed by atoms with van der Waals surface area (Å²) in [5.74, 6) is 0.725. The third-order valence-electron chi connectivity index (χ3n) is 5.50. The van der Waals surface area contributed by atoms with E-state index in [0.717, 1.165) is 37.6 Å². The van der Waals surface area contributed by atoms with Crippen molar-refractivity contribution in [3.63, 3.8) is 0 Å². The first-order valence-corrected chi connectivity index (χ1v) is 8.92. The molecule has 0 saturated carbocycles. The fourth-order valence-electron chi connectivity index (χ4n) is 4.17. The largest absolute Gasteiger partial charge is 0.340 e. The fraction of sp³-hybridized carbons (Fsp3) is 0.611. The molecule has 2 aliphatic rings. The second kappa shape index (κ2) is 6.37. The smallest absolute Gasteiger partial charge is 0.225 e. The highest BCUT2D eigenvalue weighted by molar-refractivity contribution is 5.32. The number of hydrogen-bond donors (Lipinski definition) is 0. The topological polar surface area (TPSA) is 50.1 Å². The molecule has 2 aromatic rings. The zero-order valence-electron chi connectivity index (χ0n) is 14.9. The van der Waals surface area contributed by atoms with Crippen molar-refractivity contribution >= 4 is 5.95 Å². The predicted octanol–water partition coefficient (Wildman–Crippen LogP) is 1.96. The zero-order valence-corrected chi connectivity index (χ0v) is 14.9. The highest BCUT2D eigenvalue weighted by atomic mass is 19.1. The molecule has 0 N–H and O–H groups in total. The molecule has 0 bridgehead atoms. The van der Waals surface area contributed by atoms with Gasteiger partial charge in [-0.1, -0.05) is 0 Å². The van der Waals surface area contributed by atoms with Gasteiger partial charge in [-0.2, -0.15) is 5.10 Å². The molecule has 2 fully saturated rings. The van der Waals surface area contributed by atoms with Gasteiger partial charge in [0.2, 0.25) is 5.95 Å². The van der Waals surface area contributed by atoms with Crippen LogP contribution < -0.4 is 4.90 Å². The molecule has 2 atom stereocenters. The monoisotopic (exact) mass is 344 g/mol. The number of likely N-dealkylation sites (tertiary alicyclic amines) is 1. The van der Waals surface area contributed by atoms with Crippen molar-refractivity contribution in [2.45, 2.75) is 32.5 Å². The maximum atomic E-state index is 14.9. The van der Waals surface area contributed by atoms with Gasteiger partial charge in [0, 0.05) is 62.8 Å². The van der Waals surface area contributed by atoms with E-state index in [0.29, 0.717) is 19.5 Å². The third-order valence-corrected chi connectivity index (χ3v) is 5.50. The maximum Gasteiger partial charge on any atom is 0.225 e. The van der Waals surface area contributed by atoms with E-state index >= 15 is 0 Å². The number of hydrogen-bond acceptors (Lipinski definition) is 5. The molecule has 134 valence electrons. The molecule has 0 aliphatic carbocycles. The number of halogens is 1. The third kappa shape index (κ3) is 3.25. The number of rotatable bonds is 3. The molecule has 2 aliphatic heterocycles. The quantitative estimate of drug-likeness (QED) is 0.852. The average molecular weight is 344 g/mol. The summed E-state index contributed by atoms with van der Waals surface area (Å²) in [5, 5.41) is 4.23. The van der Waals surface area contributed by atoms with E-state index < -0.39 is 6.17 Å². The second-order valence-corrected chi connectivity index (χ2v) is 7.58. The van der Waals surface area contributed by atoms with Crippen LogP contribution in [0.2, 0.25) is 0 Å². The van der Waals surface area contributed by atoms with E-state index in [-0.39, 0.29) is 5.41 Å². The van der Waals surface area contributed by atoms with Crippen LogP contribution in [0, 0.1) is 12.3 Å². The first-order valence-electron chi connectivity index (χ1n) is 8.92. The van der Waals surface area contributed by atoms with Gasteiger partial charge < -0.3 is 4.90 Å². The molecular weight excluding hydrogens is 319 g/mol. The van der Waals surface area contributed by atoms with Crippen molar-refractivity contribution < 1.29 is 4.39 Å². The average Bonchev–Trinajstić information content (AvgIpc) is 3.19. The summed E-state index contributed by atoms with van der Waals surface area (Å²) in [6, 6.07) is 0. The molecule has 6 nitrogen and oxygen atoms in total. The lowest BCUT2D eigenvalue weighted by atomic mass is 9.77. The fourth-order valence-corrected chi connectivity index (χ4v) is 4.17. The van der Waals surface area contributed by atoms with Gasteiger partial charge in [-0.05, 0) is 31.9 Å². The lowest BCUT2D eigenvalue weighted by Crippen LogP contribution is -2.52. The minimum Gasteiger partial charge on any atom is -0.340 e. The second-order valence-electron chi connectivity index (χ2n) is 7.58. The van der Waals surface area contributed by atoms with Crippen molar-refractivity contribution in [1.29, 1.82) is 0 Å². The number of anilines is 1.